The fraction of sp³-hybridized carbons (Fsp3) is 0.0526. The number of fused-ring (bicyclic) bond motifs is 3. The molecule has 0 aliphatic carbocycles. The summed E-state index contributed by atoms with van der Waals surface area (Å²) in [5.41, 5.74) is 5.19. The van der Waals surface area contributed by atoms with Gasteiger partial charge in [0.2, 0.25) is 0 Å². The molecule has 96 valence electrons. The van der Waals surface area contributed by atoms with Gasteiger partial charge in [0.25, 0.3) is 0 Å². The van der Waals surface area contributed by atoms with Crippen LogP contribution in [0.3, 0.4) is 0 Å². The molecule has 1 aromatic heterocycles. The number of nitrogens with zero attached hydrogens (tertiary/aromatic N) is 1. The lowest BCUT2D eigenvalue weighted by Crippen LogP contribution is -1.91. The third-order valence-electron chi connectivity index (χ3n) is 3.86. The van der Waals surface area contributed by atoms with E-state index in [1.54, 1.807) is 0 Å². The molecule has 0 saturated carbocycles. The Hall–Kier alpha value is -2.54. The highest BCUT2D eigenvalue weighted by Crippen LogP contribution is 2.30. The van der Waals surface area contributed by atoms with Gasteiger partial charge in [-0.15, -0.1) is 0 Å². The zero-order valence-corrected chi connectivity index (χ0v) is 11.2. The summed E-state index contributed by atoms with van der Waals surface area (Å²) in [6.45, 7) is 0.970. The molecule has 0 atom stereocenters. The van der Waals surface area contributed by atoms with Crippen molar-refractivity contribution in [2.75, 3.05) is 0 Å². The van der Waals surface area contributed by atoms with Gasteiger partial charge >= 0.3 is 0 Å². The van der Waals surface area contributed by atoms with Crippen LogP contribution in [0, 0.1) is 0 Å². The Morgan fingerprint density at radius 1 is 0.850 bits per heavy atom. The molecule has 0 spiro atoms. The molecule has 0 bridgehead atoms. The van der Waals surface area contributed by atoms with Crippen LogP contribution in [-0.2, 0) is 6.54 Å². The van der Waals surface area contributed by atoms with Gasteiger partial charge in [0, 0.05) is 23.1 Å². The fourth-order valence-corrected chi connectivity index (χ4v) is 2.84. The molecule has 1 aliphatic heterocycles. The van der Waals surface area contributed by atoms with Gasteiger partial charge in [-0.3, -0.25) is 0 Å². The summed E-state index contributed by atoms with van der Waals surface area (Å²) in [5.74, 6) is 0. The zero-order chi connectivity index (χ0) is 13.4. The summed E-state index contributed by atoms with van der Waals surface area (Å²) in [6.07, 6.45) is 6.69. The summed E-state index contributed by atoms with van der Waals surface area (Å²) < 4.78 is 2.38. The second-order valence-corrected chi connectivity index (χ2v) is 5.10. The first-order valence-electron chi connectivity index (χ1n) is 6.94. The smallest absolute Gasteiger partial charge is 0.0491 e. The lowest BCUT2D eigenvalue weighted by molar-refractivity contribution is 0.882. The third kappa shape index (κ3) is 1.79. The molecule has 1 heteroatoms. The fourth-order valence-electron chi connectivity index (χ4n) is 2.84. The molecule has 0 saturated heterocycles. The van der Waals surface area contributed by atoms with Crippen molar-refractivity contribution in [3.63, 3.8) is 0 Å². The van der Waals surface area contributed by atoms with E-state index in [1.165, 1.54) is 27.7 Å². The molecule has 0 N–H and O–H groups in total. The quantitative estimate of drug-likeness (QED) is 0.624. The third-order valence-corrected chi connectivity index (χ3v) is 3.86. The van der Waals surface area contributed by atoms with Gasteiger partial charge in [0.05, 0.1) is 0 Å². The molecule has 0 unspecified atom stereocenters. The molecule has 0 radical (unpaired) electrons. The summed E-state index contributed by atoms with van der Waals surface area (Å²) in [5, 5.41) is 1.32. The van der Waals surface area contributed by atoms with Crippen molar-refractivity contribution in [1.29, 1.82) is 0 Å². The van der Waals surface area contributed by atoms with Crippen molar-refractivity contribution in [3.8, 4) is 0 Å². The normalized spacial score (nSPS) is 13.9. The van der Waals surface area contributed by atoms with Crippen molar-refractivity contribution in [1.82, 2.24) is 4.57 Å². The van der Waals surface area contributed by atoms with E-state index in [0.29, 0.717) is 0 Å². The SMILES string of the molecule is C1=C(/C=C/c2ccccc2)c2cc3ccccc3n2C1. The average Bonchev–Trinajstić information content (AvgIpc) is 3.05. The van der Waals surface area contributed by atoms with E-state index in [0.717, 1.165) is 6.54 Å². The Balaban J connectivity index is 1.72. The van der Waals surface area contributed by atoms with Crippen molar-refractivity contribution < 1.29 is 0 Å². The van der Waals surface area contributed by atoms with E-state index < -0.39 is 0 Å². The Kier molecular flexibility index (Phi) is 2.56. The summed E-state index contributed by atoms with van der Waals surface area (Å²) in [4.78, 5) is 0. The summed E-state index contributed by atoms with van der Waals surface area (Å²) in [7, 11) is 0. The maximum atomic E-state index is 2.38. The van der Waals surface area contributed by atoms with Gasteiger partial charge in [0.1, 0.15) is 0 Å². The monoisotopic (exact) mass is 257 g/mol. The van der Waals surface area contributed by atoms with Gasteiger partial charge in [-0.25, -0.2) is 0 Å². The number of aromatic nitrogens is 1. The predicted octanol–water partition coefficient (Wildman–Crippen LogP) is 4.75. The molecule has 2 aromatic carbocycles. The first kappa shape index (κ1) is 11.3. The highest BCUT2D eigenvalue weighted by Gasteiger charge is 2.14. The molecule has 4 rings (SSSR count). The number of hydrogen-bond donors (Lipinski definition) is 0. The molecule has 0 amide bonds. The van der Waals surface area contributed by atoms with Crippen LogP contribution in [0.25, 0.3) is 22.6 Å². The molecule has 20 heavy (non-hydrogen) atoms. The molecular weight excluding hydrogens is 242 g/mol. The van der Waals surface area contributed by atoms with E-state index >= 15 is 0 Å². The zero-order valence-electron chi connectivity index (χ0n) is 11.2. The van der Waals surface area contributed by atoms with E-state index in [-0.39, 0.29) is 0 Å². The van der Waals surface area contributed by atoms with Crippen molar-refractivity contribution in [3.05, 3.63) is 84.1 Å². The van der Waals surface area contributed by atoms with Crippen LogP contribution in [0.2, 0.25) is 0 Å². The van der Waals surface area contributed by atoms with E-state index in [2.05, 4.69) is 77.4 Å². The van der Waals surface area contributed by atoms with Crippen molar-refractivity contribution in [2.45, 2.75) is 6.54 Å². The van der Waals surface area contributed by atoms with Gasteiger partial charge in [0.15, 0.2) is 0 Å². The van der Waals surface area contributed by atoms with Crippen LogP contribution in [-0.4, -0.2) is 4.57 Å². The van der Waals surface area contributed by atoms with Gasteiger partial charge in [-0.1, -0.05) is 66.8 Å². The maximum absolute atomic E-state index is 2.38. The molecular formula is C19H15N. The number of para-hydroxylation sites is 1. The van der Waals surface area contributed by atoms with Gasteiger partial charge in [-0.2, -0.15) is 0 Å². The molecule has 0 fully saturated rings. The minimum Gasteiger partial charge on any atom is -0.337 e. The largest absolute Gasteiger partial charge is 0.337 e. The van der Waals surface area contributed by atoms with E-state index in [9.17, 15) is 0 Å². The topological polar surface area (TPSA) is 4.93 Å². The average molecular weight is 257 g/mol. The second-order valence-electron chi connectivity index (χ2n) is 5.10. The van der Waals surface area contributed by atoms with Gasteiger partial charge < -0.3 is 4.57 Å². The van der Waals surface area contributed by atoms with E-state index in [1.807, 2.05) is 6.07 Å². The van der Waals surface area contributed by atoms with Crippen LogP contribution in [0.4, 0.5) is 0 Å². The van der Waals surface area contributed by atoms with Crippen LogP contribution >= 0.6 is 0 Å². The number of allylic oxidation sites excluding steroid dienone is 3. The van der Waals surface area contributed by atoms with E-state index in [4.69, 9.17) is 0 Å². The summed E-state index contributed by atoms with van der Waals surface area (Å²) >= 11 is 0. The molecule has 2 heterocycles. The second kappa shape index (κ2) is 4.53. The summed E-state index contributed by atoms with van der Waals surface area (Å²) in [6, 6.07) is 21.3. The Bertz CT molecular complexity index is 819. The molecule has 1 aliphatic rings. The minimum atomic E-state index is 0.970. The minimum absolute atomic E-state index is 0.970. The van der Waals surface area contributed by atoms with Crippen molar-refractivity contribution >= 4 is 22.6 Å². The molecule has 3 aromatic rings. The first-order chi connectivity index (χ1) is 9.92. The van der Waals surface area contributed by atoms with Gasteiger partial charge in [-0.05, 0) is 23.3 Å². The van der Waals surface area contributed by atoms with Crippen LogP contribution in [0.5, 0.6) is 0 Å². The Morgan fingerprint density at radius 2 is 1.65 bits per heavy atom. The number of benzene rings is 2. The number of hydrogen-bond acceptors (Lipinski definition) is 0. The predicted molar refractivity (Wildman–Crippen MR) is 85.4 cm³/mol. The lowest BCUT2D eigenvalue weighted by atomic mass is 10.1. The maximum Gasteiger partial charge on any atom is 0.0491 e. The first-order valence-corrected chi connectivity index (χ1v) is 6.94. The standard InChI is InChI=1S/C19H15N/c1-2-6-15(7-3-1)10-11-16-12-13-20-18-9-5-4-8-17(18)14-19(16)20/h1-12,14H,13H2/b11-10+. The lowest BCUT2D eigenvalue weighted by Gasteiger charge is -1.99. The number of rotatable bonds is 2. The van der Waals surface area contributed by atoms with Crippen molar-refractivity contribution in [2.24, 2.45) is 0 Å². The van der Waals surface area contributed by atoms with Crippen LogP contribution in [0.15, 0.2) is 72.8 Å². The molecule has 1 nitrogen and oxygen atoms in total. The highest BCUT2D eigenvalue weighted by atomic mass is 15.0. The Labute approximate surface area is 118 Å². The van der Waals surface area contributed by atoms with Crippen LogP contribution in [0.1, 0.15) is 11.3 Å². The highest BCUT2D eigenvalue weighted by molar-refractivity contribution is 5.90. The van der Waals surface area contributed by atoms with Crippen LogP contribution < -0.4 is 0 Å². The Morgan fingerprint density at radius 3 is 2.55 bits per heavy atom.